The van der Waals surface area contributed by atoms with Crippen molar-refractivity contribution >= 4 is 23.8 Å². The number of amides is 1. The van der Waals surface area contributed by atoms with E-state index in [4.69, 9.17) is 11.5 Å². The van der Waals surface area contributed by atoms with Gasteiger partial charge in [0.25, 0.3) is 0 Å². The molecule has 0 atom stereocenters. The highest BCUT2D eigenvalue weighted by Crippen LogP contribution is 2.03. The smallest absolute Gasteiger partial charge is 0.240 e. The van der Waals surface area contributed by atoms with Crippen LogP contribution >= 0.6 is 0 Å². The van der Waals surface area contributed by atoms with Crippen LogP contribution < -0.4 is 22.1 Å². The third-order valence-electron chi connectivity index (χ3n) is 2.38. The summed E-state index contributed by atoms with van der Waals surface area (Å²) in [5.74, 6) is -0.317. The number of rotatable bonds is 5. The quantitative estimate of drug-likeness (QED) is 0.591. The minimum Gasteiger partial charge on any atom is -0.368 e. The number of aromatic nitrogens is 3. The second kappa shape index (κ2) is 6.43. The Labute approximate surface area is 115 Å². The van der Waals surface area contributed by atoms with Crippen LogP contribution in [0.1, 0.15) is 5.56 Å². The van der Waals surface area contributed by atoms with Crippen LogP contribution in [-0.2, 0) is 11.3 Å². The minimum atomic E-state index is -0.286. The van der Waals surface area contributed by atoms with E-state index in [1.165, 1.54) is 0 Å². The van der Waals surface area contributed by atoms with E-state index in [-0.39, 0.29) is 30.3 Å². The number of carbonyl (C=O) groups is 1. The first-order chi connectivity index (χ1) is 9.63. The molecule has 0 spiro atoms. The normalized spacial score (nSPS) is 10.2. The van der Waals surface area contributed by atoms with E-state index >= 15 is 0 Å². The molecule has 0 saturated carbocycles. The molecule has 0 unspecified atom stereocenters. The third-order valence-corrected chi connectivity index (χ3v) is 2.38. The number of nitrogens with one attached hydrogen (secondary N) is 2. The lowest BCUT2D eigenvalue weighted by Crippen LogP contribution is -2.28. The summed E-state index contributed by atoms with van der Waals surface area (Å²) in [4.78, 5) is 22.8. The number of hydrogen-bond acceptors (Lipinski definition) is 7. The van der Waals surface area contributed by atoms with Crippen LogP contribution in [0.15, 0.2) is 30.3 Å². The fraction of sp³-hybridized carbons (Fsp3) is 0.167. The summed E-state index contributed by atoms with van der Waals surface area (Å²) in [6.45, 7) is 0.718. The van der Waals surface area contributed by atoms with Gasteiger partial charge in [0, 0.05) is 6.54 Å². The lowest BCUT2D eigenvalue weighted by Gasteiger charge is -2.06. The van der Waals surface area contributed by atoms with Gasteiger partial charge in [-0.25, -0.2) is 0 Å². The zero-order chi connectivity index (χ0) is 14.4. The van der Waals surface area contributed by atoms with Crippen LogP contribution in [0.4, 0.5) is 17.8 Å². The zero-order valence-electron chi connectivity index (χ0n) is 10.7. The van der Waals surface area contributed by atoms with Crippen LogP contribution in [0.5, 0.6) is 0 Å². The maximum atomic E-state index is 11.7. The summed E-state index contributed by atoms with van der Waals surface area (Å²) < 4.78 is 0. The lowest BCUT2D eigenvalue weighted by atomic mass is 10.2. The molecule has 0 aliphatic rings. The van der Waals surface area contributed by atoms with Gasteiger partial charge < -0.3 is 16.8 Å². The molecule has 1 aromatic heterocycles. The van der Waals surface area contributed by atoms with E-state index in [0.29, 0.717) is 6.54 Å². The van der Waals surface area contributed by atoms with Crippen LogP contribution in [0.2, 0.25) is 0 Å². The van der Waals surface area contributed by atoms with Gasteiger partial charge in [0.05, 0.1) is 6.54 Å². The summed E-state index contributed by atoms with van der Waals surface area (Å²) >= 11 is 0. The Morgan fingerprint density at radius 3 is 2.35 bits per heavy atom. The predicted molar refractivity (Wildman–Crippen MR) is 75.4 cm³/mol. The molecule has 0 bridgehead atoms. The molecule has 2 aromatic rings. The van der Waals surface area contributed by atoms with Crippen LogP contribution in [0.25, 0.3) is 0 Å². The Hall–Kier alpha value is -2.74. The van der Waals surface area contributed by atoms with Crippen LogP contribution in [-0.4, -0.2) is 27.4 Å². The molecule has 0 aliphatic heterocycles. The number of nitrogens with zero attached hydrogens (tertiary/aromatic N) is 3. The van der Waals surface area contributed by atoms with E-state index in [9.17, 15) is 4.79 Å². The van der Waals surface area contributed by atoms with Gasteiger partial charge in [-0.1, -0.05) is 30.3 Å². The summed E-state index contributed by atoms with van der Waals surface area (Å²) in [6.07, 6.45) is 0. The van der Waals surface area contributed by atoms with E-state index < -0.39 is 0 Å². The SMILES string of the molecule is Nc1nc(N)nc(NC(=O)CNCc2ccccc2)n1. The zero-order valence-corrected chi connectivity index (χ0v) is 10.7. The third kappa shape index (κ3) is 4.18. The van der Waals surface area contributed by atoms with E-state index in [2.05, 4.69) is 25.6 Å². The molecule has 2 rings (SSSR count). The van der Waals surface area contributed by atoms with E-state index in [1.807, 2.05) is 30.3 Å². The lowest BCUT2D eigenvalue weighted by molar-refractivity contribution is -0.115. The highest BCUT2D eigenvalue weighted by molar-refractivity contribution is 5.90. The molecule has 8 heteroatoms. The first-order valence-corrected chi connectivity index (χ1v) is 5.95. The highest BCUT2D eigenvalue weighted by Gasteiger charge is 2.06. The Morgan fingerprint density at radius 2 is 1.70 bits per heavy atom. The van der Waals surface area contributed by atoms with Crippen molar-refractivity contribution in [3.05, 3.63) is 35.9 Å². The number of hydrogen-bond donors (Lipinski definition) is 4. The van der Waals surface area contributed by atoms with Crippen molar-refractivity contribution in [3.8, 4) is 0 Å². The van der Waals surface area contributed by atoms with Crippen molar-refractivity contribution in [3.63, 3.8) is 0 Å². The number of nitrogen functional groups attached to an aromatic ring is 2. The van der Waals surface area contributed by atoms with E-state index in [1.54, 1.807) is 0 Å². The van der Waals surface area contributed by atoms with Gasteiger partial charge in [0.15, 0.2) is 0 Å². The number of anilines is 3. The van der Waals surface area contributed by atoms with Gasteiger partial charge in [0.2, 0.25) is 23.8 Å². The van der Waals surface area contributed by atoms with Crippen molar-refractivity contribution < 1.29 is 4.79 Å². The Balaban J connectivity index is 1.81. The predicted octanol–water partition coefficient (Wildman–Crippen LogP) is -0.236. The van der Waals surface area contributed by atoms with Crippen molar-refractivity contribution in [2.45, 2.75) is 6.54 Å². The van der Waals surface area contributed by atoms with Gasteiger partial charge in [-0.15, -0.1) is 0 Å². The molecular weight excluding hydrogens is 258 g/mol. The van der Waals surface area contributed by atoms with Gasteiger partial charge in [-0.3, -0.25) is 10.1 Å². The summed E-state index contributed by atoms with van der Waals surface area (Å²) in [5.41, 5.74) is 11.9. The van der Waals surface area contributed by atoms with E-state index in [0.717, 1.165) is 5.56 Å². The maximum Gasteiger partial charge on any atom is 0.240 e. The van der Waals surface area contributed by atoms with Gasteiger partial charge in [-0.05, 0) is 5.56 Å². The Morgan fingerprint density at radius 1 is 1.05 bits per heavy atom. The molecule has 20 heavy (non-hydrogen) atoms. The van der Waals surface area contributed by atoms with Crippen LogP contribution in [0.3, 0.4) is 0 Å². The largest absolute Gasteiger partial charge is 0.368 e. The van der Waals surface area contributed by atoms with Crippen molar-refractivity contribution in [2.75, 3.05) is 23.3 Å². The highest BCUT2D eigenvalue weighted by atomic mass is 16.2. The van der Waals surface area contributed by atoms with Crippen molar-refractivity contribution in [2.24, 2.45) is 0 Å². The fourth-order valence-corrected chi connectivity index (χ4v) is 1.55. The second-order valence-electron chi connectivity index (χ2n) is 4.01. The van der Waals surface area contributed by atoms with Crippen molar-refractivity contribution in [1.29, 1.82) is 0 Å². The first-order valence-electron chi connectivity index (χ1n) is 5.95. The molecule has 1 aromatic carbocycles. The Kier molecular flexibility index (Phi) is 4.40. The van der Waals surface area contributed by atoms with Crippen molar-refractivity contribution in [1.82, 2.24) is 20.3 Å². The molecule has 0 aliphatic carbocycles. The maximum absolute atomic E-state index is 11.7. The molecule has 1 amide bonds. The summed E-state index contributed by atoms with van der Waals surface area (Å²) in [6, 6.07) is 9.75. The first kappa shape index (κ1) is 13.7. The molecule has 6 N–H and O–H groups in total. The summed E-state index contributed by atoms with van der Waals surface area (Å²) in [7, 11) is 0. The number of benzene rings is 1. The molecule has 1 heterocycles. The number of nitrogens with two attached hydrogens (primary N) is 2. The summed E-state index contributed by atoms with van der Waals surface area (Å²) in [5, 5.41) is 5.49. The molecule has 0 radical (unpaired) electrons. The average molecular weight is 273 g/mol. The molecular formula is C12H15N7O. The van der Waals surface area contributed by atoms with Gasteiger partial charge in [-0.2, -0.15) is 15.0 Å². The molecule has 0 fully saturated rings. The monoisotopic (exact) mass is 273 g/mol. The van der Waals surface area contributed by atoms with Crippen LogP contribution in [0, 0.1) is 0 Å². The minimum absolute atomic E-state index is 0.0370. The molecule has 0 saturated heterocycles. The molecule has 104 valence electrons. The second-order valence-corrected chi connectivity index (χ2v) is 4.01. The standard InChI is InChI=1S/C12H15N7O/c13-10-17-11(14)19-12(18-10)16-9(20)7-15-6-8-4-2-1-3-5-8/h1-5,15H,6-7H2,(H5,13,14,16,17,18,19,20). The van der Waals surface area contributed by atoms with Gasteiger partial charge in [0.1, 0.15) is 0 Å². The topological polar surface area (TPSA) is 132 Å². The average Bonchev–Trinajstić information content (AvgIpc) is 2.38. The fourth-order valence-electron chi connectivity index (χ4n) is 1.55. The van der Waals surface area contributed by atoms with Gasteiger partial charge >= 0.3 is 0 Å². The number of carbonyl (C=O) groups excluding carboxylic acids is 1. The Bertz CT molecular complexity index is 567. The molecule has 8 nitrogen and oxygen atoms in total.